The van der Waals surface area contributed by atoms with Crippen molar-refractivity contribution in [2.75, 3.05) is 0 Å². The summed E-state index contributed by atoms with van der Waals surface area (Å²) < 4.78 is 1.42. The summed E-state index contributed by atoms with van der Waals surface area (Å²) in [4.78, 5) is 0.783. The number of hydrogen-bond acceptors (Lipinski definition) is 3. The second kappa shape index (κ2) is 5.27. The van der Waals surface area contributed by atoms with Crippen LogP contribution in [0.4, 0.5) is 0 Å². The van der Waals surface area contributed by atoms with Crippen LogP contribution >= 0.6 is 38.9 Å². The van der Waals surface area contributed by atoms with E-state index in [-0.39, 0.29) is 0 Å². The van der Waals surface area contributed by atoms with Gasteiger partial charge in [0, 0.05) is 9.35 Å². The van der Waals surface area contributed by atoms with Gasteiger partial charge < -0.3 is 5.11 Å². The molecule has 0 spiro atoms. The maximum atomic E-state index is 10.4. The predicted octanol–water partition coefficient (Wildman–Crippen LogP) is 4.67. The van der Waals surface area contributed by atoms with Gasteiger partial charge in [0.15, 0.2) is 0 Å². The highest BCUT2D eigenvalue weighted by atomic mass is 79.9. The number of nitriles is 1. The Morgan fingerprint density at radius 2 is 2.12 bits per heavy atom. The number of rotatable bonds is 2. The molecule has 0 aliphatic heterocycles. The van der Waals surface area contributed by atoms with Gasteiger partial charge in [0.2, 0.25) is 0 Å². The third kappa shape index (κ3) is 2.53. The Labute approximate surface area is 118 Å². The normalized spacial score (nSPS) is 20.8. The molecule has 2 nitrogen and oxygen atoms in total. The van der Waals surface area contributed by atoms with E-state index >= 15 is 0 Å². The zero-order valence-electron chi connectivity index (χ0n) is 9.25. The molecule has 1 aliphatic carbocycles. The minimum Gasteiger partial charge on any atom is -0.386 e. The molecule has 1 saturated carbocycles. The van der Waals surface area contributed by atoms with Crippen LogP contribution in [-0.2, 0) is 0 Å². The largest absolute Gasteiger partial charge is 0.386 e. The minimum atomic E-state index is -0.721. The molecular weight excluding hydrogens is 322 g/mol. The molecule has 92 valence electrons. The molecule has 17 heavy (non-hydrogen) atoms. The van der Waals surface area contributed by atoms with Crippen LogP contribution in [0.1, 0.15) is 43.1 Å². The monoisotopic (exact) mass is 333 g/mol. The van der Waals surface area contributed by atoms with E-state index < -0.39 is 11.5 Å². The van der Waals surface area contributed by atoms with Gasteiger partial charge in [-0.25, -0.2) is 0 Å². The molecule has 0 aromatic carbocycles. The lowest BCUT2D eigenvalue weighted by molar-refractivity contribution is 0.0387. The Hall–Kier alpha value is -0.0800. The molecule has 1 unspecified atom stereocenters. The minimum absolute atomic E-state index is 0.619. The average Bonchev–Trinajstić information content (AvgIpc) is 2.69. The zero-order valence-corrected chi connectivity index (χ0v) is 12.4. The summed E-state index contributed by atoms with van der Waals surface area (Å²) >= 11 is 10.7. The molecule has 1 N–H and O–H groups in total. The molecule has 1 aliphatic rings. The molecule has 1 fully saturated rings. The lowest BCUT2D eigenvalue weighted by Crippen LogP contribution is -2.29. The average molecular weight is 335 g/mol. The summed E-state index contributed by atoms with van der Waals surface area (Å²) in [5.41, 5.74) is -0.619. The number of nitrogens with zero attached hydrogens (tertiary/aromatic N) is 1. The highest BCUT2D eigenvalue weighted by Gasteiger charge is 2.41. The third-order valence-electron chi connectivity index (χ3n) is 3.43. The molecule has 0 radical (unpaired) electrons. The fourth-order valence-corrected chi connectivity index (χ4v) is 4.24. The lowest BCUT2D eigenvalue weighted by Gasteiger charge is -2.34. The second-order valence-electron chi connectivity index (χ2n) is 4.50. The summed E-state index contributed by atoms with van der Waals surface area (Å²) in [6, 6.07) is 4.17. The van der Waals surface area contributed by atoms with Crippen LogP contribution in [0, 0.1) is 16.7 Å². The van der Waals surface area contributed by atoms with Crippen molar-refractivity contribution in [3.05, 3.63) is 19.8 Å². The predicted molar refractivity (Wildman–Crippen MR) is 73.1 cm³/mol. The third-order valence-corrected chi connectivity index (χ3v) is 5.95. The Kier molecular flexibility index (Phi) is 4.14. The summed E-state index contributed by atoms with van der Waals surface area (Å²) in [6.45, 7) is 0. The topological polar surface area (TPSA) is 44.0 Å². The Balaban J connectivity index is 2.28. The van der Waals surface area contributed by atoms with Crippen molar-refractivity contribution in [3.63, 3.8) is 0 Å². The quantitative estimate of drug-likeness (QED) is 0.854. The number of thiophene rings is 1. The molecule has 0 saturated heterocycles. The van der Waals surface area contributed by atoms with Crippen molar-refractivity contribution in [1.29, 1.82) is 5.26 Å². The standard InChI is InChI=1S/C12H13BrClNOS/c13-8-6-9(17-11(8)14)10(16)12(7-15)4-2-1-3-5-12/h6,10,16H,1-5H2. The first kappa shape index (κ1) is 13.4. The van der Waals surface area contributed by atoms with E-state index in [2.05, 4.69) is 22.0 Å². The van der Waals surface area contributed by atoms with Gasteiger partial charge in [-0.2, -0.15) is 5.26 Å². The first-order valence-electron chi connectivity index (χ1n) is 5.63. The molecule has 0 bridgehead atoms. The van der Waals surface area contributed by atoms with Crippen LogP contribution in [0.25, 0.3) is 0 Å². The van der Waals surface area contributed by atoms with Crippen LogP contribution in [0.2, 0.25) is 4.34 Å². The van der Waals surface area contributed by atoms with Gasteiger partial charge in [0.1, 0.15) is 10.4 Å². The van der Waals surface area contributed by atoms with Crippen molar-refractivity contribution in [3.8, 4) is 6.07 Å². The maximum absolute atomic E-state index is 10.4. The second-order valence-corrected chi connectivity index (χ2v) is 7.04. The molecule has 0 amide bonds. The Morgan fingerprint density at radius 1 is 1.47 bits per heavy atom. The van der Waals surface area contributed by atoms with Gasteiger partial charge in [-0.15, -0.1) is 11.3 Å². The van der Waals surface area contributed by atoms with Crippen molar-refractivity contribution in [2.45, 2.75) is 38.2 Å². The Bertz CT molecular complexity index is 428. The number of halogens is 2. The molecule has 5 heteroatoms. The number of aliphatic hydroxyl groups is 1. The van der Waals surface area contributed by atoms with Gasteiger partial charge in [-0.05, 0) is 34.8 Å². The van der Waals surface area contributed by atoms with Crippen LogP contribution in [0.3, 0.4) is 0 Å². The highest BCUT2D eigenvalue weighted by molar-refractivity contribution is 9.10. The highest BCUT2D eigenvalue weighted by Crippen LogP contribution is 2.48. The van der Waals surface area contributed by atoms with E-state index in [0.717, 1.165) is 41.5 Å². The fourth-order valence-electron chi connectivity index (χ4n) is 2.40. The molecule has 2 rings (SSSR count). The van der Waals surface area contributed by atoms with Gasteiger partial charge in [0.05, 0.1) is 11.5 Å². The first-order chi connectivity index (χ1) is 8.09. The first-order valence-corrected chi connectivity index (χ1v) is 7.62. The smallest absolute Gasteiger partial charge is 0.107 e. The van der Waals surface area contributed by atoms with Gasteiger partial charge in [0.25, 0.3) is 0 Å². The van der Waals surface area contributed by atoms with E-state index in [1.165, 1.54) is 11.3 Å². The van der Waals surface area contributed by atoms with Crippen molar-refractivity contribution < 1.29 is 5.11 Å². The zero-order chi connectivity index (χ0) is 12.5. The number of aliphatic hydroxyl groups excluding tert-OH is 1. The van der Waals surface area contributed by atoms with E-state index in [1.807, 2.05) is 6.07 Å². The molecule has 1 heterocycles. The molecule has 1 aromatic heterocycles. The lowest BCUT2D eigenvalue weighted by atomic mass is 9.71. The summed E-state index contributed by atoms with van der Waals surface area (Å²) in [6.07, 6.45) is 4.03. The van der Waals surface area contributed by atoms with E-state index in [4.69, 9.17) is 11.6 Å². The van der Waals surface area contributed by atoms with E-state index in [1.54, 1.807) is 0 Å². The van der Waals surface area contributed by atoms with Crippen LogP contribution in [0.5, 0.6) is 0 Å². The van der Waals surface area contributed by atoms with Crippen molar-refractivity contribution in [2.24, 2.45) is 5.41 Å². The van der Waals surface area contributed by atoms with E-state index in [0.29, 0.717) is 4.34 Å². The summed E-state index contributed by atoms with van der Waals surface area (Å²) in [5, 5.41) is 19.8. The van der Waals surface area contributed by atoms with Gasteiger partial charge in [-0.3, -0.25) is 0 Å². The van der Waals surface area contributed by atoms with Crippen molar-refractivity contribution in [1.82, 2.24) is 0 Å². The summed E-state index contributed by atoms with van der Waals surface area (Å²) in [5.74, 6) is 0. The molecular formula is C12H13BrClNOS. The fraction of sp³-hybridized carbons (Fsp3) is 0.583. The maximum Gasteiger partial charge on any atom is 0.107 e. The Morgan fingerprint density at radius 3 is 2.59 bits per heavy atom. The van der Waals surface area contributed by atoms with E-state index in [9.17, 15) is 10.4 Å². The van der Waals surface area contributed by atoms with Crippen LogP contribution in [0.15, 0.2) is 10.5 Å². The van der Waals surface area contributed by atoms with Gasteiger partial charge >= 0.3 is 0 Å². The van der Waals surface area contributed by atoms with Gasteiger partial charge in [-0.1, -0.05) is 30.9 Å². The molecule has 1 aromatic rings. The van der Waals surface area contributed by atoms with Crippen LogP contribution in [-0.4, -0.2) is 5.11 Å². The van der Waals surface area contributed by atoms with Crippen LogP contribution < -0.4 is 0 Å². The number of hydrogen-bond donors (Lipinski definition) is 1. The molecule has 1 atom stereocenters. The summed E-state index contributed by atoms with van der Waals surface area (Å²) in [7, 11) is 0. The van der Waals surface area contributed by atoms with Crippen molar-refractivity contribution >= 4 is 38.9 Å². The SMILES string of the molecule is N#CC1(C(O)c2cc(Br)c(Cl)s2)CCCCC1.